The smallest absolute Gasteiger partial charge is 0.0245 e. The maximum atomic E-state index is 3.17. The zero-order valence-electron chi connectivity index (χ0n) is 32.2. The second kappa shape index (κ2) is 43.1. The van der Waals surface area contributed by atoms with Crippen molar-refractivity contribution >= 4 is 0 Å². The van der Waals surface area contributed by atoms with Crippen molar-refractivity contribution in [2.24, 2.45) is 23.7 Å². The van der Waals surface area contributed by atoms with Crippen molar-refractivity contribution in [3.63, 3.8) is 0 Å². The molecule has 0 atom stereocenters. The van der Waals surface area contributed by atoms with Crippen LogP contribution in [0.1, 0.15) is 173 Å². The highest BCUT2D eigenvalue weighted by molar-refractivity contribution is 5.33. The molecule has 0 aromatic heterocycles. The molecule has 0 aliphatic heterocycles. The van der Waals surface area contributed by atoms with Gasteiger partial charge in [0.05, 0.1) is 0 Å². The van der Waals surface area contributed by atoms with Gasteiger partial charge in [0.15, 0.2) is 0 Å². The molecule has 1 rings (SSSR count). The quantitative estimate of drug-likeness (QED) is 0.202. The van der Waals surface area contributed by atoms with Gasteiger partial charge in [-0.2, -0.15) is 0 Å². The van der Waals surface area contributed by atoms with E-state index in [9.17, 15) is 0 Å². The number of benzene rings is 1. The third-order valence-corrected chi connectivity index (χ3v) is 5.18. The third-order valence-electron chi connectivity index (χ3n) is 5.18. The predicted octanol–water partition coefficient (Wildman–Crippen LogP) is 13.4. The van der Waals surface area contributed by atoms with Gasteiger partial charge in [0, 0.05) is 56.9 Å². The Morgan fingerprint density at radius 1 is 0.467 bits per heavy atom. The fraction of sp³-hybridized carbons (Fsp3) is 0.644. The Labute approximate surface area is 285 Å². The summed E-state index contributed by atoms with van der Waals surface area (Å²) in [6, 6.07) is 10.1. The standard InChI is InChI=1S/C12H14.C10H18.2C8H14.C7H12/c1-11(2)7-6-10-12-8-4-3-5-9-12;1-4-5-6-7-8-9-10(2)3;1-4-5-6-7-8(2)3;1-3-5-7-8-6-4-2;1-4-5-6-7(2)3/h3-5,8-9,11H,7H2,1-2H3;10H,4-6,9H2,1-3H3;8H,4,7H2,1-3H3;3-6H2,1-2H3;7H,6H2,1-3H3. The van der Waals surface area contributed by atoms with Gasteiger partial charge in [0.25, 0.3) is 0 Å². The van der Waals surface area contributed by atoms with Gasteiger partial charge in [-0.15, -0.1) is 47.4 Å². The zero-order chi connectivity index (χ0) is 35.0. The Bertz CT molecular complexity index is 1010. The van der Waals surface area contributed by atoms with E-state index in [4.69, 9.17) is 0 Å². The molecular weight excluding hydrogens is 540 g/mol. The maximum absolute atomic E-state index is 3.17. The van der Waals surface area contributed by atoms with E-state index < -0.39 is 0 Å². The molecule has 0 saturated carbocycles. The summed E-state index contributed by atoms with van der Waals surface area (Å²) in [5.41, 5.74) is 1.11. The molecule has 0 N–H and O–H groups in total. The summed E-state index contributed by atoms with van der Waals surface area (Å²) < 4.78 is 0. The van der Waals surface area contributed by atoms with E-state index in [1.54, 1.807) is 0 Å². The molecule has 0 fully saturated rings. The Balaban J connectivity index is -0.000000237. The van der Waals surface area contributed by atoms with E-state index in [0.29, 0.717) is 5.92 Å². The lowest BCUT2D eigenvalue weighted by molar-refractivity contribution is 0.675. The average Bonchev–Trinajstić information content (AvgIpc) is 3.00. The lowest BCUT2D eigenvalue weighted by Crippen LogP contribution is -1.81. The summed E-state index contributed by atoms with van der Waals surface area (Å²) in [5, 5.41) is 0. The van der Waals surface area contributed by atoms with Crippen LogP contribution in [-0.4, -0.2) is 0 Å². The Hall–Kier alpha value is -2.98. The molecule has 0 saturated heterocycles. The summed E-state index contributed by atoms with van der Waals surface area (Å²) in [4.78, 5) is 0. The summed E-state index contributed by atoms with van der Waals surface area (Å²) >= 11 is 0. The first-order valence-corrected chi connectivity index (χ1v) is 17.8. The molecule has 0 aliphatic carbocycles. The summed E-state index contributed by atoms with van der Waals surface area (Å²) in [5.74, 6) is 33.6. The van der Waals surface area contributed by atoms with Gasteiger partial charge < -0.3 is 0 Å². The molecule has 1 aromatic rings. The largest absolute Gasteiger partial charge is 0.107 e. The highest BCUT2D eigenvalue weighted by Crippen LogP contribution is 2.00. The fourth-order valence-electron chi connectivity index (χ4n) is 2.64. The topological polar surface area (TPSA) is 0 Å². The van der Waals surface area contributed by atoms with Gasteiger partial charge in [-0.3, -0.25) is 0 Å². The highest BCUT2D eigenvalue weighted by Gasteiger charge is 1.87. The minimum atomic E-state index is 0.668. The van der Waals surface area contributed by atoms with E-state index in [1.807, 2.05) is 37.3 Å². The van der Waals surface area contributed by atoms with E-state index in [-0.39, 0.29) is 0 Å². The second-order valence-electron chi connectivity index (χ2n) is 12.5. The lowest BCUT2D eigenvalue weighted by Gasteiger charge is -1.93. The lowest BCUT2D eigenvalue weighted by atomic mass is 10.1. The molecular formula is C45H72. The second-order valence-corrected chi connectivity index (χ2v) is 12.5. The molecule has 0 aliphatic rings. The van der Waals surface area contributed by atoms with Crippen LogP contribution < -0.4 is 0 Å². The van der Waals surface area contributed by atoms with Crippen LogP contribution in [0, 0.1) is 82.9 Å². The molecule has 0 bridgehead atoms. The number of rotatable bonds is 8. The minimum Gasteiger partial charge on any atom is -0.107 e. The van der Waals surface area contributed by atoms with Crippen LogP contribution in [-0.2, 0) is 0 Å². The van der Waals surface area contributed by atoms with Crippen LogP contribution in [0.15, 0.2) is 30.3 Å². The van der Waals surface area contributed by atoms with E-state index in [0.717, 1.165) is 74.7 Å². The SMILES string of the molecule is CC#CCC(C)C.CC(C)CC#Cc1ccccc1.CCC#CCC(C)C.CCCC#CCCC.CCCCC#CCC(C)C. The van der Waals surface area contributed by atoms with Crippen molar-refractivity contribution in [1.82, 2.24) is 0 Å². The molecule has 0 amide bonds. The van der Waals surface area contributed by atoms with Crippen molar-refractivity contribution in [3.05, 3.63) is 35.9 Å². The van der Waals surface area contributed by atoms with Crippen LogP contribution >= 0.6 is 0 Å². The molecule has 0 heterocycles. The van der Waals surface area contributed by atoms with E-state index >= 15 is 0 Å². The zero-order valence-corrected chi connectivity index (χ0v) is 32.2. The van der Waals surface area contributed by atoms with Crippen LogP contribution in [0.3, 0.4) is 0 Å². The van der Waals surface area contributed by atoms with Crippen molar-refractivity contribution in [1.29, 1.82) is 0 Å². The Morgan fingerprint density at radius 2 is 0.889 bits per heavy atom. The van der Waals surface area contributed by atoms with Gasteiger partial charge in [0.1, 0.15) is 0 Å². The number of hydrogen-bond acceptors (Lipinski definition) is 0. The molecule has 0 spiro atoms. The van der Waals surface area contributed by atoms with Crippen LogP contribution in [0.4, 0.5) is 0 Å². The predicted molar refractivity (Wildman–Crippen MR) is 208 cm³/mol. The monoisotopic (exact) mass is 613 g/mol. The van der Waals surface area contributed by atoms with Gasteiger partial charge >= 0.3 is 0 Å². The Kier molecular flexibility index (Phi) is 46.9. The molecule has 0 radical (unpaired) electrons. The third kappa shape index (κ3) is 60.9. The average molecular weight is 613 g/mol. The van der Waals surface area contributed by atoms with Gasteiger partial charge in [-0.05, 0) is 62.0 Å². The molecule has 45 heavy (non-hydrogen) atoms. The Morgan fingerprint density at radius 3 is 1.27 bits per heavy atom. The molecule has 1 aromatic carbocycles. The van der Waals surface area contributed by atoms with Crippen LogP contribution in [0.5, 0.6) is 0 Å². The number of unbranched alkanes of at least 4 members (excludes halogenated alkanes) is 4. The maximum Gasteiger partial charge on any atom is 0.0245 e. The minimum absolute atomic E-state index is 0.668. The first kappa shape index (κ1) is 48.9. The van der Waals surface area contributed by atoms with Crippen molar-refractivity contribution in [2.45, 2.75) is 167 Å². The van der Waals surface area contributed by atoms with Crippen molar-refractivity contribution in [2.75, 3.05) is 0 Å². The fourth-order valence-corrected chi connectivity index (χ4v) is 2.64. The highest BCUT2D eigenvalue weighted by atomic mass is 13.9. The first-order valence-electron chi connectivity index (χ1n) is 17.8. The molecule has 0 heteroatoms. The number of hydrogen-bond donors (Lipinski definition) is 0. The summed E-state index contributed by atoms with van der Waals surface area (Å²) in [7, 11) is 0. The van der Waals surface area contributed by atoms with Crippen LogP contribution in [0.2, 0.25) is 0 Å². The van der Waals surface area contributed by atoms with E-state index in [1.165, 1.54) is 25.7 Å². The van der Waals surface area contributed by atoms with Gasteiger partial charge in [-0.25, -0.2) is 0 Å². The van der Waals surface area contributed by atoms with Crippen molar-refractivity contribution in [3.8, 4) is 59.2 Å². The van der Waals surface area contributed by atoms with Crippen LogP contribution in [0.25, 0.3) is 0 Å². The molecule has 252 valence electrons. The van der Waals surface area contributed by atoms with E-state index in [2.05, 4.69) is 142 Å². The summed E-state index contributed by atoms with van der Waals surface area (Å²) in [6.07, 6.45) is 13.2. The molecule has 0 unspecified atom stereocenters. The van der Waals surface area contributed by atoms with Gasteiger partial charge in [0.2, 0.25) is 0 Å². The van der Waals surface area contributed by atoms with Gasteiger partial charge in [-0.1, -0.05) is 120 Å². The molecule has 0 nitrogen and oxygen atoms in total. The first-order chi connectivity index (χ1) is 21.5. The van der Waals surface area contributed by atoms with Crippen molar-refractivity contribution < 1.29 is 0 Å². The summed E-state index contributed by atoms with van der Waals surface area (Å²) in [6.45, 7) is 27.9. The normalized spacial score (nSPS) is 8.64.